The lowest BCUT2D eigenvalue weighted by molar-refractivity contribution is -0.159. The van der Waals surface area contributed by atoms with Crippen LogP contribution in [-0.2, 0) is 16.5 Å². The summed E-state index contributed by atoms with van der Waals surface area (Å²) in [5, 5.41) is 0.980. The number of fused-ring (bicyclic) bond motifs is 1. The van der Waals surface area contributed by atoms with Crippen LogP contribution in [0.2, 0.25) is 0 Å². The Kier molecular flexibility index (Phi) is 2.91. The fourth-order valence-corrected chi connectivity index (χ4v) is 3.43. The molecule has 1 aromatic heterocycles. The van der Waals surface area contributed by atoms with Crippen molar-refractivity contribution in [3.63, 3.8) is 0 Å². The van der Waals surface area contributed by atoms with Gasteiger partial charge in [-0.2, -0.15) is 0 Å². The van der Waals surface area contributed by atoms with E-state index < -0.39 is 5.79 Å². The monoisotopic (exact) mass is 287 g/mol. The van der Waals surface area contributed by atoms with E-state index in [9.17, 15) is 4.39 Å². The molecule has 4 rings (SSSR count). The molecule has 110 valence electrons. The van der Waals surface area contributed by atoms with E-state index in [2.05, 4.69) is 16.8 Å². The first-order valence-electron chi connectivity index (χ1n) is 7.39. The van der Waals surface area contributed by atoms with Crippen LogP contribution in [0.1, 0.15) is 24.8 Å². The highest BCUT2D eigenvalue weighted by Crippen LogP contribution is 2.40. The van der Waals surface area contributed by atoms with Crippen molar-refractivity contribution in [3.05, 3.63) is 41.9 Å². The Morgan fingerprint density at radius 3 is 2.76 bits per heavy atom. The molecule has 2 aromatic rings. The van der Waals surface area contributed by atoms with Crippen LogP contribution in [0, 0.1) is 5.82 Å². The number of ether oxygens (including phenoxy) is 2. The molecule has 2 aliphatic rings. The molecule has 0 unspecified atom stereocenters. The summed E-state index contributed by atoms with van der Waals surface area (Å²) in [7, 11) is 2.00. The van der Waals surface area contributed by atoms with Crippen molar-refractivity contribution in [2.45, 2.75) is 25.0 Å². The number of allylic oxidation sites excluding steroid dienone is 1. The average Bonchev–Trinajstić information content (AvgIpc) is 3.06. The summed E-state index contributed by atoms with van der Waals surface area (Å²) in [5.41, 5.74) is 3.44. The number of hydrogen-bond acceptors (Lipinski definition) is 2. The molecule has 0 bridgehead atoms. The Morgan fingerprint density at radius 1 is 1.24 bits per heavy atom. The van der Waals surface area contributed by atoms with Gasteiger partial charge in [-0.25, -0.2) is 4.39 Å². The van der Waals surface area contributed by atoms with E-state index in [1.54, 1.807) is 6.07 Å². The minimum absolute atomic E-state index is 0.190. The summed E-state index contributed by atoms with van der Waals surface area (Å²) < 4.78 is 27.1. The molecule has 3 nitrogen and oxygen atoms in total. The Labute approximate surface area is 123 Å². The molecule has 1 aromatic carbocycles. The lowest BCUT2D eigenvalue weighted by Gasteiger charge is -2.30. The zero-order valence-corrected chi connectivity index (χ0v) is 12.1. The molecular formula is C17H18FNO2. The number of halogens is 1. The normalized spacial score (nSPS) is 21.1. The molecule has 1 aliphatic heterocycles. The van der Waals surface area contributed by atoms with Crippen molar-refractivity contribution in [1.29, 1.82) is 0 Å². The number of hydrogen-bond donors (Lipinski definition) is 0. The number of nitrogens with zero attached hydrogens (tertiary/aromatic N) is 1. The van der Waals surface area contributed by atoms with Crippen LogP contribution < -0.4 is 0 Å². The average molecular weight is 287 g/mol. The van der Waals surface area contributed by atoms with Crippen LogP contribution in [-0.4, -0.2) is 23.6 Å². The molecule has 0 radical (unpaired) electrons. The second kappa shape index (κ2) is 4.68. The van der Waals surface area contributed by atoms with Gasteiger partial charge in [-0.15, -0.1) is 0 Å². The van der Waals surface area contributed by atoms with E-state index in [1.807, 2.05) is 13.1 Å². The van der Waals surface area contributed by atoms with Gasteiger partial charge in [-0.05, 0) is 30.2 Å². The molecule has 2 heterocycles. The molecule has 0 N–H and O–H groups in total. The SMILES string of the molecule is Cn1cc(C2=CCC3(CC2)OCCO3)c2cc(F)ccc21. The fourth-order valence-electron chi connectivity index (χ4n) is 3.43. The molecule has 0 amide bonds. The van der Waals surface area contributed by atoms with Crippen molar-refractivity contribution >= 4 is 16.5 Å². The molecule has 0 saturated carbocycles. The summed E-state index contributed by atoms with van der Waals surface area (Å²) in [4.78, 5) is 0. The minimum atomic E-state index is -0.403. The first-order valence-corrected chi connectivity index (χ1v) is 7.39. The van der Waals surface area contributed by atoms with Gasteiger partial charge < -0.3 is 14.0 Å². The molecule has 4 heteroatoms. The third-order valence-electron chi connectivity index (χ3n) is 4.55. The predicted octanol–water partition coefficient (Wildman–Crippen LogP) is 3.63. The Morgan fingerprint density at radius 2 is 2.05 bits per heavy atom. The van der Waals surface area contributed by atoms with Crippen molar-refractivity contribution in [3.8, 4) is 0 Å². The Balaban J connectivity index is 1.74. The van der Waals surface area contributed by atoms with E-state index in [0.717, 1.165) is 35.7 Å². The molecule has 21 heavy (non-hydrogen) atoms. The third-order valence-corrected chi connectivity index (χ3v) is 4.55. The smallest absolute Gasteiger partial charge is 0.172 e. The zero-order valence-electron chi connectivity index (χ0n) is 12.1. The summed E-state index contributed by atoms with van der Waals surface area (Å²) >= 11 is 0. The lowest BCUT2D eigenvalue weighted by atomic mass is 9.89. The van der Waals surface area contributed by atoms with Crippen LogP contribution in [0.25, 0.3) is 16.5 Å². The number of aryl methyl sites for hydroxylation is 1. The summed E-state index contributed by atoms with van der Waals surface area (Å²) in [6, 6.07) is 4.97. The minimum Gasteiger partial charge on any atom is -0.350 e. The highest BCUT2D eigenvalue weighted by Gasteiger charge is 2.37. The van der Waals surface area contributed by atoms with E-state index >= 15 is 0 Å². The number of aromatic nitrogens is 1. The molecular weight excluding hydrogens is 269 g/mol. The quantitative estimate of drug-likeness (QED) is 0.799. The fraction of sp³-hybridized carbons (Fsp3) is 0.412. The van der Waals surface area contributed by atoms with Gasteiger partial charge in [0.05, 0.1) is 13.2 Å². The van der Waals surface area contributed by atoms with E-state index in [0.29, 0.717) is 13.2 Å². The van der Waals surface area contributed by atoms with E-state index in [-0.39, 0.29) is 5.82 Å². The van der Waals surface area contributed by atoms with Crippen LogP contribution in [0.4, 0.5) is 4.39 Å². The van der Waals surface area contributed by atoms with Gasteiger partial charge in [0.1, 0.15) is 5.82 Å². The molecule has 1 aliphatic carbocycles. The highest BCUT2D eigenvalue weighted by molar-refractivity contribution is 5.93. The van der Waals surface area contributed by atoms with E-state index in [4.69, 9.17) is 9.47 Å². The standard InChI is InChI=1S/C17H18FNO2/c1-19-11-15(14-10-13(18)2-3-16(14)19)12-4-6-17(7-5-12)20-8-9-21-17/h2-4,10-11H,5-9H2,1H3. The maximum atomic E-state index is 13.6. The van der Waals surface area contributed by atoms with Crippen molar-refractivity contribution in [2.75, 3.05) is 13.2 Å². The van der Waals surface area contributed by atoms with Gasteiger partial charge in [-0.1, -0.05) is 6.08 Å². The predicted molar refractivity (Wildman–Crippen MR) is 79.3 cm³/mol. The van der Waals surface area contributed by atoms with Gasteiger partial charge in [0.25, 0.3) is 0 Å². The van der Waals surface area contributed by atoms with Gasteiger partial charge in [-0.3, -0.25) is 0 Å². The summed E-state index contributed by atoms with van der Waals surface area (Å²) in [6.45, 7) is 1.37. The first kappa shape index (κ1) is 13.0. The van der Waals surface area contributed by atoms with Crippen LogP contribution in [0.5, 0.6) is 0 Å². The van der Waals surface area contributed by atoms with Gasteiger partial charge in [0.15, 0.2) is 5.79 Å². The van der Waals surface area contributed by atoms with Crippen molar-refractivity contribution in [1.82, 2.24) is 4.57 Å². The van der Waals surface area contributed by atoms with Gasteiger partial charge in [0.2, 0.25) is 0 Å². The number of benzene rings is 1. The van der Waals surface area contributed by atoms with Crippen LogP contribution in [0.3, 0.4) is 0 Å². The summed E-state index contributed by atoms with van der Waals surface area (Å²) in [6.07, 6.45) is 6.81. The maximum absolute atomic E-state index is 13.6. The molecule has 1 fully saturated rings. The third kappa shape index (κ3) is 2.10. The second-order valence-electron chi connectivity index (χ2n) is 5.86. The molecule has 1 spiro atoms. The first-order chi connectivity index (χ1) is 10.2. The molecule has 1 saturated heterocycles. The largest absolute Gasteiger partial charge is 0.350 e. The van der Waals surface area contributed by atoms with Crippen LogP contribution >= 0.6 is 0 Å². The van der Waals surface area contributed by atoms with Crippen LogP contribution in [0.15, 0.2) is 30.5 Å². The second-order valence-corrected chi connectivity index (χ2v) is 5.86. The summed E-state index contributed by atoms with van der Waals surface area (Å²) in [5.74, 6) is -0.593. The number of rotatable bonds is 1. The lowest BCUT2D eigenvalue weighted by Crippen LogP contribution is -2.31. The van der Waals surface area contributed by atoms with E-state index in [1.165, 1.54) is 11.6 Å². The molecule has 0 atom stereocenters. The van der Waals surface area contributed by atoms with Gasteiger partial charge in [0, 0.05) is 42.6 Å². The Hall–Kier alpha value is -1.65. The highest BCUT2D eigenvalue weighted by atomic mass is 19.1. The van der Waals surface area contributed by atoms with Gasteiger partial charge >= 0.3 is 0 Å². The van der Waals surface area contributed by atoms with Crippen molar-refractivity contribution < 1.29 is 13.9 Å². The topological polar surface area (TPSA) is 23.4 Å². The maximum Gasteiger partial charge on any atom is 0.172 e. The van der Waals surface area contributed by atoms with Crippen molar-refractivity contribution in [2.24, 2.45) is 7.05 Å². The Bertz CT molecular complexity index is 726. The zero-order chi connectivity index (χ0) is 14.4.